The van der Waals surface area contributed by atoms with Crippen LogP contribution < -0.4 is 16.4 Å². The molecule has 0 spiro atoms. The van der Waals surface area contributed by atoms with E-state index in [-0.39, 0.29) is 48.6 Å². The van der Waals surface area contributed by atoms with Gasteiger partial charge in [-0.15, -0.1) is 6.92 Å². The Kier molecular flexibility index (Phi) is 17.4. The molecule has 8 heteroatoms. The first-order chi connectivity index (χ1) is 16.5. The normalized spacial score (nSPS) is 16.2. The topological polar surface area (TPSA) is 96.6 Å². The number of benzene rings is 1. The number of nitrogens with two attached hydrogens (primary N) is 1. The zero-order chi connectivity index (χ0) is 26.4. The number of halogens is 1. The van der Waals surface area contributed by atoms with Crippen LogP contribution in [0.25, 0.3) is 0 Å². The van der Waals surface area contributed by atoms with Crippen LogP contribution in [0.1, 0.15) is 78.2 Å². The van der Waals surface area contributed by atoms with Crippen LogP contribution in [0.4, 0.5) is 0 Å². The van der Waals surface area contributed by atoms with E-state index in [0.717, 1.165) is 55.4 Å². The van der Waals surface area contributed by atoms with E-state index in [0.29, 0.717) is 30.6 Å². The van der Waals surface area contributed by atoms with Crippen LogP contribution in [0.5, 0.6) is 0 Å². The van der Waals surface area contributed by atoms with Crippen molar-refractivity contribution < 1.29 is 40.7 Å². The number of unbranched alkanes of at least 4 members (excludes halogenated alkanes) is 1. The molecule has 1 aromatic carbocycles. The van der Waals surface area contributed by atoms with Gasteiger partial charge in [-0.1, -0.05) is 50.9 Å². The van der Waals surface area contributed by atoms with Gasteiger partial charge in [0.25, 0.3) is 5.91 Å². The SMILES string of the molecule is CCC1CCC(=O)N1.[CH2-]C([CH2-])(C)CN=C(CC)/C(CCCC)=C(\N)C(=O)NCc1ccc(Cl)cc1.[U+2]. The first kappa shape index (κ1) is 34.7. The van der Waals surface area contributed by atoms with Gasteiger partial charge in [-0.3, -0.25) is 20.0 Å². The van der Waals surface area contributed by atoms with Gasteiger partial charge in [0.15, 0.2) is 0 Å². The fourth-order valence-electron chi connectivity index (χ4n) is 3.50. The number of aliphatic imine (C=N–C) groups is 1. The summed E-state index contributed by atoms with van der Waals surface area (Å²) in [4.78, 5) is 27.8. The molecule has 1 aromatic rings. The molecule has 1 saturated heterocycles. The molecule has 0 bridgehead atoms. The van der Waals surface area contributed by atoms with E-state index in [1.807, 2.05) is 26.0 Å². The number of rotatable bonds is 11. The summed E-state index contributed by atoms with van der Waals surface area (Å²) >= 11 is 5.89. The van der Waals surface area contributed by atoms with Crippen LogP contribution in [-0.4, -0.2) is 30.1 Å². The first-order valence-corrected chi connectivity index (χ1v) is 12.9. The third kappa shape index (κ3) is 13.9. The smallest absolute Gasteiger partial charge is 0.394 e. The molecule has 1 aliphatic rings. The van der Waals surface area contributed by atoms with Gasteiger partial charge in [0, 0.05) is 35.3 Å². The third-order valence-electron chi connectivity index (χ3n) is 5.63. The molecule has 0 aliphatic carbocycles. The van der Waals surface area contributed by atoms with E-state index in [1.165, 1.54) is 0 Å². The quantitative estimate of drug-likeness (QED) is 0.158. The van der Waals surface area contributed by atoms with Crippen molar-refractivity contribution >= 4 is 29.1 Å². The van der Waals surface area contributed by atoms with Crippen molar-refractivity contribution in [3.8, 4) is 0 Å². The number of carbonyl (C=O) groups is 2. The summed E-state index contributed by atoms with van der Waals surface area (Å²) in [5, 5.41) is 6.41. The Morgan fingerprint density at radius 3 is 2.33 bits per heavy atom. The van der Waals surface area contributed by atoms with Crippen molar-refractivity contribution in [1.29, 1.82) is 0 Å². The maximum Gasteiger partial charge on any atom is 2.00 e. The minimum Gasteiger partial charge on any atom is -0.394 e. The van der Waals surface area contributed by atoms with E-state index >= 15 is 0 Å². The molecule has 0 radical (unpaired) electrons. The van der Waals surface area contributed by atoms with Crippen LogP contribution in [-0.2, 0) is 16.1 Å². The second kappa shape index (κ2) is 18.0. The van der Waals surface area contributed by atoms with Crippen molar-refractivity contribution in [2.75, 3.05) is 6.54 Å². The minimum absolute atomic E-state index is 0. The van der Waals surface area contributed by atoms with Gasteiger partial charge in [0.05, 0.1) is 0 Å². The molecule has 0 saturated carbocycles. The minimum atomic E-state index is -0.401. The van der Waals surface area contributed by atoms with Crippen LogP contribution in [0.15, 0.2) is 40.5 Å². The molecule has 198 valence electrons. The average Bonchev–Trinajstić information content (AvgIpc) is 3.25. The fraction of sp³-hybridized carbons (Fsp3) is 0.536. The summed E-state index contributed by atoms with van der Waals surface area (Å²) in [5.41, 5.74) is 8.74. The molecule has 1 atom stereocenters. The average molecular weight is 741 g/mol. The fourth-order valence-corrected chi connectivity index (χ4v) is 3.62. The predicted octanol–water partition coefficient (Wildman–Crippen LogP) is 5.56. The molecule has 1 fully saturated rings. The summed E-state index contributed by atoms with van der Waals surface area (Å²) in [6.45, 7) is 17.0. The Labute approximate surface area is 247 Å². The summed E-state index contributed by atoms with van der Waals surface area (Å²) in [5.74, 6) is -0.0546. The molecule has 2 rings (SSSR count). The molecule has 1 unspecified atom stereocenters. The summed E-state index contributed by atoms with van der Waals surface area (Å²) in [7, 11) is 0. The molecule has 0 aromatic heterocycles. The second-order valence-electron chi connectivity index (χ2n) is 9.44. The molecule has 2 amide bonds. The maximum absolute atomic E-state index is 12.6. The standard InChI is InChI=1S/C22H32ClN3O.C6H11NO.U/c1-6-8-9-18(19(7-2)26-15-22(3,4)5)20(24)21(27)25-14-16-10-12-17(23)13-11-16;1-2-5-3-4-6(8)7-5;/h10-13H,3-4,6-9,14-15,24H2,1-2,5H3,(H,25,27);5H,2-4H2,1H3,(H,7,8);/q-2;;+2/b20-18-,26-19?;;. The van der Waals surface area contributed by atoms with Crippen LogP contribution in [0, 0.1) is 50.4 Å². The van der Waals surface area contributed by atoms with Gasteiger partial charge >= 0.3 is 31.1 Å². The molecule has 1 aliphatic heterocycles. The Morgan fingerprint density at radius 2 is 1.89 bits per heavy atom. The third-order valence-corrected chi connectivity index (χ3v) is 5.88. The van der Waals surface area contributed by atoms with E-state index in [2.05, 4.69) is 43.3 Å². The zero-order valence-corrected chi connectivity index (χ0v) is 27.3. The van der Waals surface area contributed by atoms with E-state index < -0.39 is 5.41 Å². The number of nitrogens with zero attached hydrogens (tertiary/aromatic N) is 1. The number of nitrogens with one attached hydrogen (secondary N) is 2. The zero-order valence-electron chi connectivity index (χ0n) is 22.4. The predicted molar refractivity (Wildman–Crippen MR) is 147 cm³/mol. The number of hydrogen-bond acceptors (Lipinski definition) is 4. The van der Waals surface area contributed by atoms with Crippen LogP contribution >= 0.6 is 11.6 Å². The Hall–Kier alpha value is -1.29. The van der Waals surface area contributed by atoms with Crippen molar-refractivity contribution in [1.82, 2.24) is 10.6 Å². The Bertz CT molecular complexity index is 877. The molecular weight excluding hydrogens is 698 g/mol. The van der Waals surface area contributed by atoms with Gasteiger partial charge in [-0.2, -0.15) is 0 Å². The Balaban J connectivity index is 0.00000115. The summed E-state index contributed by atoms with van der Waals surface area (Å²) in [6, 6.07) is 7.82. The summed E-state index contributed by atoms with van der Waals surface area (Å²) in [6.07, 6.45) is 6.25. The van der Waals surface area contributed by atoms with Gasteiger partial charge in [-0.05, 0) is 56.3 Å². The van der Waals surface area contributed by atoms with Gasteiger partial charge in [0.2, 0.25) is 5.91 Å². The number of carbonyl (C=O) groups excluding carboxylic acids is 2. The van der Waals surface area contributed by atoms with Gasteiger partial charge < -0.3 is 30.2 Å². The largest absolute Gasteiger partial charge is 2.00 e. The molecule has 6 nitrogen and oxygen atoms in total. The van der Waals surface area contributed by atoms with Crippen molar-refractivity contribution in [2.45, 2.75) is 85.2 Å². The van der Waals surface area contributed by atoms with Gasteiger partial charge in [0.1, 0.15) is 5.70 Å². The monoisotopic (exact) mass is 740 g/mol. The van der Waals surface area contributed by atoms with Crippen molar-refractivity contribution in [3.05, 3.63) is 60.0 Å². The molecular formula is C28H43ClN4O2U. The first-order valence-electron chi connectivity index (χ1n) is 12.6. The number of amides is 2. The van der Waals surface area contributed by atoms with E-state index in [1.54, 1.807) is 12.1 Å². The van der Waals surface area contributed by atoms with Crippen LogP contribution in [0.3, 0.4) is 0 Å². The number of allylic oxidation sites excluding steroid dienone is 1. The maximum atomic E-state index is 12.6. The molecule has 1 heterocycles. The van der Waals surface area contributed by atoms with Crippen molar-refractivity contribution in [2.24, 2.45) is 16.1 Å². The van der Waals surface area contributed by atoms with E-state index in [4.69, 9.17) is 17.3 Å². The van der Waals surface area contributed by atoms with Gasteiger partial charge in [-0.25, -0.2) is 0 Å². The molecule has 4 N–H and O–H groups in total. The molecule has 36 heavy (non-hydrogen) atoms. The Morgan fingerprint density at radius 1 is 1.25 bits per heavy atom. The second-order valence-corrected chi connectivity index (χ2v) is 9.88. The summed E-state index contributed by atoms with van der Waals surface area (Å²) < 4.78 is 0. The van der Waals surface area contributed by atoms with Crippen LogP contribution in [0.2, 0.25) is 5.02 Å². The van der Waals surface area contributed by atoms with E-state index in [9.17, 15) is 9.59 Å². The van der Waals surface area contributed by atoms with Crippen molar-refractivity contribution in [3.63, 3.8) is 0 Å². The number of hydrogen-bond donors (Lipinski definition) is 3.